The molecule has 0 fully saturated rings. The van der Waals surface area contributed by atoms with E-state index in [4.69, 9.17) is 9.47 Å². The quantitative estimate of drug-likeness (QED) is 0.0413. The van der Waals surface area contributed by atoms with Crippen LogP contribution in [-0.2, 0) is 19.1 Å². The molecule has 0 aliphatic rings. The third-order valence-electron chi connectivity index (χ3n) is 7.86. The second kappa shape index (κ2) is 40.3. The van der Waals surface area contributed by atoms with Crippen molar-refractivity contribution in [2.24, 2.45) is 0 Å². The van der Waals surface area contributed by atoms with Crippen LogP contribution < -0.4 is 0 Å². The highest BCUT2D eigenvalue weighted by Gasteiger charge is 2.15. The number of hydrogen-bond acceptors (Lipinski definition) is 5. The lowest BCUT2D eigenvalue weighted by Gasteiger charge is -2.15. The molecule has 0 saturated carbocycles. The molecule has 50 heavy (non-hydrogen) atoms. The van der Waals surface area contributed by atoms with Gasteiger partial charge in [-0.1, -0.05) is 150 Å². The molecule has 0 spiro atoms. The Hall–Kier alpha value is -3.18. The maximum absolute atomic E-state index is 12.2. The zero-order chi connectivity index (χ0) is 36.4. The number of allylic oxidation sites excluding steroid dienone is 16. The number of ether oxygens (including phenoxy) is 2. The molecule has 282 valence electrons. The molecule has 0 radical (unpaired) electrons. The molecule has 1 atom stereocenters. The largest absolute Gasteiger partial charge is 0.462 e. The summed E-state index contributed by atoms with van der Waals surface area (Å²) < 4.78 is 10.5. The van der Waals surface area contributed by atoms with Crippen LogP contribution in [0.25, 0.3) is 0 Å². The van der Waals surface area contributed by atoms with Crippen LogP contribution in [0.15, 0.2) is 97.2 Å². The molecule has 0 heterocycles. The van der Waals surface area contributed by atoms with Crippen LogP contribution in [0.4, 0.5) is 0 Å². The standard InChI is InChI=1S/C45H72O5/c1-3-5-7-9-11-13-15-17-19-21-22-24-26-28-30-32-34-36-38-40-45(48)50-43(41-46)42-49-44(47)39-37-35-33-31-29-27-25-23-20-18-16-14-12-10-8-6-4-2/h5,7,11,13,17-20,22,24-25,27-28,30-31,33,43,46H,3-4,6,8-10,12,14-16,21,23,26,29,32,34-42H2,1-2H3/b7-5-,13-11-,19-17-,20-18-,24-22-,27-25-,30-28-,33-31-/t43-/m0/s1. The number of unbranched alkanes of at least 4 members (excludes halogenated alkanes) is 10. The predicted molar refractivity (Wildman–Crippen MR) is 214 cm³/mol. The summed E-state index contributed by atoms with van der Waals surface area (Å²) in [5, 5.41) is 9.55. The fourth-order valence-electron chi connectivity index (χ4n) is 4.89. The molecular formula is C45H72O5. The summed E-state index contributed by atoms with van der Waals surface area (Å²) in [5.41, 5.74) is 0. The van der Waals surface area contributed by atoms with Gasteiger partial charge in [-0.15, -0.1) is 0 Å². The van der Waals surface area contributed by atoms with E-state index < -0.39 is 6.10 Å². The maximum Gasteiger partial charge on any atom is 0.306 e. The average molecular weight is 693 g/mol. The van der Waals surface area contributed by atoms with Crippen molar-refractivity contribution in [3.8, 4) is 0 Å². The van der Waals surface area contributed by atoms with E-state index in [-0.39, 0.29) is 25.2 Å². The highest BCUT2D eigenvalue weighted by molar-refractivity contribution is 5.70. The molecular weight excluding hydrogens is 620 g/mol. The first kappa shape index (κ1) is 46.8. The van der Waals surface area contributed by atoms with Crippen molar-refractivity contribution < 1.29 is 24.2 Å². The molecule has 0 aromatic carbocycles. The van der Waals surface area contributed by atoms with Gasteiger partial charge in [0.15, 0.2) is 6.10 Å². The fraction of sp³-hybridized carbons (Fsp3) is 0.600. The molecule has 1 N–H and O–H groups in total. The van der Waals surface area contributed by atoms with E-state index in [1.807, 2.05) is 0 Å². The van der Waals surface area contributed by atoms with Crippen LogP contribution in [-0.4, -0.2) is 36.4 Å². The molecule has 0 amide bonds. The molecule has 0 aromatic rings. The van der Waals surface area contributed by atoms with Gasteiger partial charge in [-0.25, -0.2) is 0 Å². The summed E-state index contributed by atoms with van der Waals surface area (Å²) in [6.07, 6.45) is 56.1. The predicted octanol–water partition coefficient (Wildman–Crippen LogP) is 12.5. The van der Waals surface area contributed by atoms with Crippen molar-refractivity contribution in [1.29, 1.82) is 0 Å². The first-order chi connectivity index (χ1) is 24.6. The smallest absolute Gasteiger partial charge is 0.306 e. The number of esters is 2. The number of rotatable bonds is 34. The van der Waals surface area contributed by atoms with Crippen molar-refractivity contribution in [3.63, 3.8) is 0 Å². The number of aliphatic hydroxyl groups excluding tert-OH is 1. The Morgan fingerprint density at radius 3 is 1.36 bits per heavy atom. The molecule has 5 nitrogen and oxygen atoms in total. The van der Waals surface area contributed by atoms with Crippen LogP contribution in [0.1, 0.15) is 155 Å². The summed E-state index contributed by atoms with van der Waals surface area (Å²) in [6, 6.07) is 0. The molecule has 0 aliphatic carbocycles. The van der Waals surface area contributed by atoms with E-state index >= 15 is 0 Å². The summed E-state index contributed by atoms with van der Waals surface area (Å²) >= 11 is 0. The molecule has 0 rings (SSSR count). The molecule has 0 aliphatic heterocycles. The van der Waals surface area contributed by atoms with Crippen molar-refractivity contribution in [2.75, 3.05) is 13.2 Å². The van der Waals surface area contributed by atoms with Gasteiger partial charge in [0.1, 0.15) is 6.61 Å². The summed E-state index contributed by atoms with van der Waals surface area (Å²) in [4.78, 5) is 24.2. The number of carbonyl (C=O) groups is 2. The SMILES string of the molecule is CC/C=C\C/C=C\C/C=C\C/C=C\C/C=C\CCCCCC(=O)O[C@@H](CO)COC(=O)CCC/C=C\C/C=C\C/C=C\CCCCCCCC. The average Bonchev–Trinajstić information content (AvgIpc) is 3.12. The van der Waals surface area contributed by atoms with Gasteiger partial charge in [-0.3, -0.25) is 9.59 Å². The molecule has 0 unspecified atom stereocenters. The first-order valence-electron chi connectivity index (χ1n) is 19.8. The van der Waals surface area contributed by atoms with Crippen LogP contribution in [0, 0.1) is 0 Å². The highest BCUT2D eigenvalue weighted by Crippen LogP contribution is 2.09. The second-order valence-electron chi connectivity index (χ2n) is 12.6. The topological polar surface area (TPSA) is 72.8 Å². The zero-order valence-corrected chi connectivity index (χ0v) is 31.9. The van der Waals surface area contributed by atoms with E-state index in [1.165, 1.54) is 44.9 Å². The monoisotopic (exact) mass is 693 g/mol. The lowest BCUT2D eigenvalue weighted by molar-refractivity contribution is -0.161. The Labute approximate surface area is 307 Å². The van der Waals surface area contributed by atoms with Gasteiger partial charge in [-0.05, 0) is 89.9 Å². The summed E-state index contributed by atoms with van der Waals surface area (Å²) in [7, 11) is 0. The molecule has 0 aromatic heterocycles. The van der Waals surface area contributed by atoms with Gasteiger partial charge in [0.2, 0.25) is 0 Å². The Morgan fingerprint density at radius 1 is 0.480 bits per heavy atom. The van der Waals surface area contributed by atoms with Crippen LogP contribution in [0.3, 0.4) is 0 Å². The van der Waals surface area contributed by atoms with E-state index in [2.05, 4.69) is 111 Å². The second-order valence-corrected chi connectivity index (χ2v) is 12.6. The van der Waals surface area contributed by atoms with Gasteiger partial charge in [0.05, 0.1) is 6.61 Å². The third-order valence-corrected chi connectivity index (χ3v) is 7.86. The normalized spacial score (nSPS) is 13.3. The van der Waals surface area contributed by atoms with Crippen LogP contribution in [0.5, 0.6) is 0 Å². The third kappa shape index (κ3) is 37.6. The van der Waals surface area contributed by atoms with Gasteiger partial charge in [0.25, 0.3) is 0 Å². The zero-order valence-electron chi connectivity index (χ0n) is 31.9. The van der Waals surface area contributed by atoms with Gasteiger partial charge in [0, 0.05) is 12.8 Å². The molecule has 0 saturated heterocycles. The minimum absolute atomic E-state index is 0.112. The van der Waals surface area contributed by atoms with Gasteiger partial charge >= 0.3 is 11.9 Å². The minimum atomic E-state index is -0.815. The lowest BCUT2D eigenvalue weighted by Crippen LogP contribution is -2.28. The van der Waals surface area contributed by atoms with E-state index in [1.54, 1.807) is 0 Å². The van der Waals surface area contributed by atoms with Crippen LogP contribution >= 0.6 is 0 Å². The first-order valence-corrected chi connectivity index (χ1v) is 19.8. The lowest BCUT2D eigenvalue weighted by atomic mass is 10.1. The Morgan fingerprint density at radius 2 is 0.880 bits per heavy atom. The van der Waals surface area contributed by atoms with Crippen molar-refractivity contribution in [3.05, 3.63) is 97.2 Å². The van der Waals surface area contributed by atoms with E-state index in [9.17, 15) is 14.7 Å². The molecule has 0 bridgehead atoms. The summed E-state index contributed by atoms with van der Waals surface area (Å²) in [6.45, 7) is 3.92. The maximum atomic E-state index is 12.2. The number of hydrogen-bond donors (Lipinski definition) is 1. The minimum Gasteiger partial charge on any atom is -0.462 e. The highest BCUT2D eigenvalue weighted by atomic mass is 16.6. The van der Waals surface area contributed by atoms with Crippen molar-refractivity contribution in [1.82, 2.24) is 0 Å². The molecule has 5 heteroatoms. The van der Waals surface area contributed by atoms with Gasteiger partial charge in [-0.2, -0.15) is 0 Å². The number of aliphatic hydroxyl groups is 1. The van der Waals surface area contributed by atoms with Crippen molar-refractivity contribution in [2.45, 2.75) is 161 Å². The Kier molecular flexibility index (Phi) is 37.7. The van der Waals surface area contributed by atoms with Crippen LogP contribution in [0.2, 0.25) is 0 Å². The van der Waals surface area contributed by atoms with Crippen molar-refractivity contribution >= 4 is 11.9 Å². The summed E-state index contributed by atoms with van der Waals surface area (Å²) in [5.74, 6) is -0.700. The number of carbonyl (C=O) groups excluding carboxylic acids is 2. The van der Waals surface area contributed by atoms with Gasteiger partial charge < -0.3 is 14.6 Å². The Balaban J connectivity index is 3.75. The Bertz CT molecular complexity index is 1010. The fourth-order valence-corrected chi connectivity index (χ4v) is 4.89. The van der Waals surface area contributed by atoms with E-state index in [0.29, 0.717) is 19.3 Å². The van der Waals surface area contributed by atoms with E-state index in [0.717, 1.165) is 77.0 Å².